The minimum atomic E-state index is 0.106. The van der Waals surface area contributed by atoms with Crippen molar-refractivity contribution in [3.63, 3.8) is 0 Å². The first-order valence-corrected chi connectivity index (χ1v) is 7.93. The van der Waals surface area contributed by atoms with Crippen molar-refractivity contribution in [2.45, 2.75) is 31.7 Å². The topological polar surface area (TPSA) is 32.3 Å². The van der Waals surface area contributed by atoms with E-state index in [1.54, 1.807) is 6.92 Å². The van der Waals surface area contributed by atoms with Crippen molar-refractivity contribution in [1.29, 1.82) is 0 Å². The molecule has 0 unspecified atom stereocenters. The van der Waals surface area contributed by atoms with E-state index in [-0.39, 0.29) is 11.4 Å². The molecule has 0 saturated heterocycles. The van der Waals surface area contributed by atoms with Gasteiger partial charge in [0.25, 0.3) is 0 Å². The van der Waals surface area contributed by atoms with E-state index in [9.17, 15) is 4.79 Å². The van der Waals surface area contributed by atoms with Crippen molar-refractivity contribution >= 4 is 17.3 Å². The highest BCUT2D eigenvalue weighted by molar-refractivity contribution is 5.94. The highest BCUT2D eigenvalue weighted by Crippen LogP contribution is 2.48. The number of rotatable bonds is 3. The number of amides is 1. The van der Waals surface area contributed by atoms with Gasteiger partial charge in [-0.25, -0.2) is 0 Å². The van der Waals surface area contributed by atoms with Gasteiger partial charge < -0.3 is 10.2 Å². The van der Waals surface area contributed by atoms with Gasteiger partial charge in [-0.1, -0.05) is 30.3 Å². The summed E-state index contributed by atoms with van der Waals surface area (Å²) in [6, 6.07) is 17.0. The lowest BCUT2D eigenvalue weighted by Crippen LogP contribution is -2.25. The summed E-state index contributed by atoms with van der Waals surface area (Å²) in [4.78, 5) is 13.5. The fourth-order valence-electron chi connectivity index (χ4n) is 3.45. The Bertz CT molecular complexity index is 719. The Morgan fingerprint density at radius 3 is 2.59 bits per heavy atom. The van der Waals surface area contributed by atoms with Gasteiger partial charge in [0.1, 0.15) is 0 Å². The molecule has 0 atom stereocenters. The van der Waals surface area contributed by atoms with Crippen molar-refractivity contribution in [3.8, 4) is 0 Å². The zero-order chi connectivity index (χ0) is 15.2. The van der Waals surface area contributed by atoms with E-state index in [1.807, 2.05) is 4.90 Å². The van der Waals surface area contributed by atoms with E-state index >= 15 is 0 Å². The van der Waals surface area contributed by atoms with Gasteiger partial charge in [-0.2, -0.15) is 0 Å². The van der Waals surface area contributed by atoms with Gasteiger partial charge in [0.05, 0.1) is 5.54 Å². The van der Waals surface area contributed by atoms with E-state index in [0.29, 0.717) is 0 Å². The summed E-state index contributed by atoms with van der Waals surface area (Å²) in [5.74, 6) is 0.127. The van der Waals surface area contributed by atoms with E-state index in [1.165, 1.54) is 24.0 Å². The molecule has 1 heterocycles. The predicted octanol–water partition coefficient (Wildman–Crippen LogP) is 3.70. The highest BCUT2D eigenvalue weighted by Gasteiger charge is 2.44. The Morgan fingerprint density at radius 1 is 1.14 bits per heavy atom. The molecule has 3 heteroatoms. The lowest BCUT2D eigenvalue weighted by molar-refractivity contribution is -0.116. The lowest BCUT2D eigenvalue weighted by atomic mass is 10.0. The molecule has 22 heavy (non-hydrogen) atoms. The number of carbonyl (C=O) groups excluding carboxylic acids is 1. The fraction of sp³-hybridized carbons (Fsp3) is 0.316. The molecule has 4 rings (SSSR count). The summed E-state index contributed by atoms with van der Waals surface area (Å²) < 4.78 is 0. The lowest BCUT2D eigenvalue weighted by Gasteiger charge is -2.20. The summed E-state index contributed by atoms with van der Waals surface area (Å²) in [6.45, 7) is 2.44. The quantitative estimate of drug-likeness (QED) is 0.935. The minimum absolute atomic E-state index is 0.106. The van der Waals surface area contributed by atoms with Gasteiger partial charge in [-0.05, 0) is 48.6 Å². The van der Waals surface area contributed by atoms with E-state index in [4.69, 9.17) is 0 Å². The summed E-state index contributed by atoms with van der Waals surface area (Å²) in [7, 11) is 0. The molecule has 2 aromatic rings. The maximum Gasteiger partial charge on any atom is 0.223 e. The largest absolute Gasteiger partial charge is 0.376 e. The van der Waals surface area contributed by atoms with Crippen LogP contribution in [0.2, 0.25) is 0 Å². The second kappa shape index (κ2) is 4.87. The second-order valence-corrected chi connectivity index (χ2v) is 6.34. The van der Waals surface area contributed by atoms with Crippen LogP contribution in [0, 0.1) is 0 Å². The third-order valence-corrected chi connectivity index (χ3v) is 4.82. The van der Waals surface area contributed by atoms with E-state index in [0.717, 1.165) is 24.3 Å². The van der Waals surface area contributed by atoms with Crippen LogP contribution in [0.5, 0.6) is 0 Å². The van der Waals surface area contributed by atoms with Crippen LogP contribution in [0.15, 0.2) is 48.5 Å². The van der Waals surface area contributed by atoms with Gasteiger partial charge in [0.2, 0.25) is 5.91 Å². The predicted molar refractivity (Wildman–Crippen MR) is 89.1 cm³/mol. The van der Waals surface area contributed by atoms with Gasteiger partial charge in [-0.15, -0.1) is 0 Å². The molecule has 3 nitrogen and oxygen atoms in total. The monoisotopic (exact) mass is 292 g/mol. The van der Waals surface area contributed by atoms with Gasteiger partial charge in [0.15, 0.2) is 0 Å². The number of benzene rings is 2. The van der Waals surface area contributed by atoms with Gasteiger partial charge >= 0.3 is 0 Å². The molecule has 1 aliphatic heterocycles. The molecule has 0 spiro atoms. The number of hydrogen-bond acceptors (Lipinski definition) is 2. The van der Waals surface area contributed by atoms with Crippen molar-refractivity contribution in [3.05, 3.63) is 59.7 Å². The first kappa shape index (κ1) is 13.4. The van der Waals surface area contributed by atoms with Crippen LogP contribution >= 0.6 is 0 Å². The molecule has 112 valence electrons. The molecule has 1 fully saturated rings. The number of fused-ring (bicyclic) bond motifs is 1. The zero-order valence-corrected chi connectivity index (χ0v) is 12.8. The first-order valence-electron chi connectivity index (χ1n) is 7.93. The van der Waals surface area contributed by atoms with Crippen LogP contribution in [0.3, 0.4) is 0 Å². The van der Waals surface area contributed by atoms with Crippen molar-refractivity contribution in [2.75, 3.05) is 16.8 Å². The van der Waals surface area contributed by atoms with Gasteiger partial charge in [-0.3, -0.25) is 4.79 Å². The van der Waals surface area contributed by atoms with Crippen molar-refractivity contribution in [1.82, 2.24) is 0 Å². The SMILES string of the molecule is CC(=O)N1CCc2cc(NC3(c4ccccc4)CC3)ccc21. The van der Waals surface area contributed by atoms with Crippen LogP contribution in [0.25, 0.3) is 0 Å². The van der Waals surface area contributed by atoms with Crippen LogP contribution in [0.4, 0.5) is 11.4 Å². The van der Waals surface area contributed by atoms with Crippen molar-refractivity contribution in [2.24, 2.45) is 0 Å². The normalized spacial score (nSPS) is 18.0. The number of hydrogen-bond donors (Lipinski definition) is 1. The number of carbonyl (C=O) groups is 1. The molecular formula is C19H20N2O. The molecule has 0 bridgehead atoms. The summed E-state index contributed by atoms with van der Waals surface area (Å²) in [6.07, 6.45) is 3.30. The van der Waals surface area contributed by atoms with Crippen LogP contribution in [-0.4, -0.2) is 12.5 Å². The average molecular weight is 292 g/mol. The maximum atomic E-state index is 11.6. The van der Waals surface area contributed by atoms with Crippen LogP contribution in [-0.2, 0) is 16.8 Å². The Balaban J connectivity index is 1.59. The van der Waals surface area contributed by atoms with Crippen LogP contribution < -0.4 is 10.2 Å². The molecule has 1 saturated carbocycles. The standard InChI is InChI=1S/C19H20N2O/c1-14(22)21-12-9-15-13-17(7-8-18(15)21)20-19(10-11-19)16-5-3-2-4-6-16/h2-8,13,20H,9-12H2,1H3. The first-order chi connectivity index (χ1) is 10.7. The fourth-order valence-corrected chi connectivity index (χ4v) is 3.45. The van der Waals surface area contributed by atoms with Crippen molar-refractivity contribution < 1.29 is 4.79 Å². The smallest absolute Gasteiger partial charge is 0.223 e. The number of nitrogens with zero attached hydrogens (tertiary/aromatic N) is 1. The molecule has 1 N–H and O–H groups in total. The van der Waals surface area contributed by atoms with Gasteiger partial charge in [0, 0.05) is 24.8 Å². The Morgan fingerprint density at radius 2 is 1.91 bits per heavy atom. The molecule has 2 aliphatic rings. The van der Waals surface area contributed by atoms with E-state index in [2.05, 4.69) is 53.8 Å². The summed E-state index contributed by atoms with van der Waals surface area (Å²) in [5, 5.41) is 3.72. The molecule has 1 aliphatic carbocycles. The molecule has 0 radical (unpaired) electrons. The second-order valence-electron chi connectivity index (χ2n) is 6.34. The number of anilines is 2. The molecule has 0 aromatic heterocycles. The zero-order valence-electron chi connectivity index (χ0n) is 12.8. The third kappa shape index (κ3) is 2.17. The minimum Gasteiger partial charge on any atom is -0.376 e. The summed E-state index contributed by atoms with van der Waals surface area (Å²) in [5.41, 5.74) is 4.96. The average Bonchev–Trinajstić information content (AvgIpc) is 3.18. The summed E-state index contributed by atoms with van der Waals surface area (Å²) >= 11 is 0. The number of nitrogens with one attached hydrogen (secondary N) is 1. The highest BCUT2D eigenvalue weighted by atomic mass is 16.2. The molecular weight excluding hydrogens is 272 g/mol. The Hall–Kier alpha value is -2.29. The molecule has 2 aromatic carbocycles. The third-order valence-electron chi connectivity index (χ3n) is 4.82. The maximum absolute atomic E-state index is 11.6. The Labute approximate surface area is 131 Å². The van der Waals surface area contributed by atoms with Crippen LogP contribution in [0.1, 0.15) is 30.9 Å². The van der Waals surface area contributed by atoms with E-state index < -0.39 is 0 Å². The Kier molecular flexibility index (Phi) is 2.96. The molecule has 1 amide bonds.